The highest BCUT2D eigenvalue weighted by atomic mass is 14.9. The summed E-state index contributed by atoms with van der Waals surface area (Å²) in [6, 6.07) is 5.95. The van der Waals surface area contributed by atoms with E-state index in [-0.39, 0.29) is 0 Å². The second-order valence-electron chi connectivity index (χ2n) is 4.02. The third-order valence-corrected chi connectivity index (χ3v) is 2.75. The van der Waals surface area contributed by atoms with Crippen LogP contribution in [0.25, 0.3) is 11.5 Å². The van der Waals surface area contributed by atoms with Gasteiger partial charge in [-0.25, -0.2) is 9.97 Å². The third-order valence-electron chi connectivity index (χ3n) is 2.75. The van der Waals surface area contributed by atoms with Crippen molar-refractivity contribution in [1.82, 2.24) is 20.3 Å². The third kappa shape index (κ3) is 2.90. The summed E-state index contributed by atoms with van der Waals surface area (Å²) < 4.78 is 0. The van der Waals surface area contributed by atoms with Gasteiger partial charge in [-0.1, -0.05) is 19.9 Å². The van der Waals surface area contributed by atoms with Crippen LogP contribution in [-0.2, 0) is 13.0 Å². The largest absolute Gasteiger partial charge is 0.311 e. The normalized spacial score (nSPS) is 10.6. The minimum Gasteiger partial charge on any atom is -0.311 e. The van der Waals surface area contributed by atoms with E-state index in [2.05, 4.69) is 40.2 Å². The van der Waals surface area contributed by atoms with Gasteiger partial charge in [-0.05, 0) is 30.7 Å². The van der Waals surface area contributed by atoms with Crippen LogP contribution in [0.1, 0.15) is 25.1 Å². The van der Waals surface area contributed by atoms with Gasteiger partial charge in [0.15, 0.2) is 5.82 Å². The van der Waals surface area contributed by atoms with Gasteiger partial charge in [0.25, 0.3) is 0 Å². The zero-order valence-electron chi connectivity index (χ0n) is 10.8. The Balaban J connectivity index is 2.32. The molecule has 2 heterocycles. The predicted molar refractivity (Wildman–Crippen MR) is 72.0 cm³/mol. The molecule has 0 radical (unpaired) electrons. The molecule has 2 aromatic heterocycles. The molecule has 0 spiro atoms. The molecule has 0 unspecified atom stereocenters. The highest BCUT2D eigenvalue weighted by Gasteiger charge is 2.08. The summed E-state index contributed by atoms with van der Waals surface area (Å²) in [7, 11) is 0. The standard InChI is InChI=1S/C14H18N4/c1-3-11-6-5-8-16-13(11)14-17-9-7-12(18-14)10-15-4-2/h5-9,15H,3-4,10H2,1-2H3. The Kier molecular flexibility index (Phi) is 4.36. The van der Waals surface area contributed by atoms with Gasteiger partial charge in [0.1, 0.15) is 5.69 Å². The first kappa shape index (κ1) is 12.6. The van der Waals surface area contributed by atoms with Crippen molar-refractivity contribution in [1.29, 1.82) is 0 Å². The molecule has 0 atom stereocenters. The molecule has 0 aliphatic carbocycles. The summed E-state index contributed by atoms with van der Waals surface area (Å²) in [6.07, 6.45) is 4.52. The number of hydrogen-bond donors (Lipinski definition) is 1. The lowest BCUT2D eigenvalue weighted by Crippen LogP contribution is -2.13. The van der Waals surface area contributed by atoms with E-state index < -0.39 is 0 Å². The minimum atomic E-state index is 0.711. The van der Waals surface area contributed by atoms with Crippen molar-refractivity contribution in [3.05, 3.63) is 41.9 Å². The molecule has 0 aliphatic heterocycles. The van der Waals surface area contributed by atoms with E-state index in [4.69, 9.17) is 0 Å². The van der Waals surface area contributed by atoms with Crippen LogP contribution in [0.5, 0.6) is 0 Å². The fourth-order valence-corrected chi connectivity index (χ4v) is 1.79. The van der Waals surface area contributed by atoms with E-state index in [1.165, 1.54) is 5.56 Å². The summed E-state index contributed by atoms with van der Waals surface area (Å²) >= 11 is 0. The minimum absolute atomic E-state index is 0.711. The maximum absolute atomic E-state index is 4.55. The van der Waals surface area contributed by atoms with Gasteiger partial charge in [-0.15, -0.1) is 0 Å². The molecule has 4 heteroatoms. The summed E-state index contributed by atoms with van der Waals surface area (Å²) in [5.74, 6) is 0.711. The Morgan fingerprint density at radius 2 is 2.00 bits per heavy atom. The maximum Gasteiger partial charge on any atom is 0.178 e. The van der Waals surface area contributed by atoms with Crippen molar-refractivity contribution in [2.24, 2.45) is 0 Å². The number of rotatable bonds is 5. The first-order chi connectivity index (χ1) is 8.85. The van der Waals surface area contributed by atoms with Gasteiger partial charge in [-0.2, -0.15) is 0 Å². The van der Waals surface area contributed by atoms with E-state index in [9.17, 15) is 0 Å². The molecule has 94 valence electrons. The lowest BCUT2D eigenvalue weighted by molar-refractivity contribution is 0.709. The Labute approximate surface area is 108 Å². The lowest BCUT2D eigenvalue weighted by atomic mass is 10.1. The van der Waals surface area contributed by atoms with E-state index in [0.29, 0.717) is 5.82 Å². The molecule has 0 aromatic carbocycles. The zero-order chi connectivity index (χ0) is 12.8. The predicted octanol–water partition coefficient (Wildman–Crippen LogP) is 2.21. The van der Waals surface area contributed by atoms with Crippen molar-refractivity contribution in [2.45, 2.75) is 26.8 Å². The van der Waals surface area contributed by atoms with Crippen LogP contribution >= 0.6 is 0 Å². The molecule has 18 heavy (non-hydrogen) atoms. The SMILES string of the molecule is CCNCc1ccnc(-c2ncccc2CC)n1. The van der Waals surface area contributed by atoms with Crippen molar-refractivity contribution >= 4 is 0 Å². The maximum atomic E-state index is 4.55. The van der Waals surface area contributed by atoms with Crippen molar-refractivity contribution in [3.8, 4) is 11.5 Å². The number of nitrogens with one attached hydrogen (secondary N) is 1. The molecular weight excluding hydrogens is 224 g/mol. The van der Waals surface area contributed by atoms with E-state index in [1.54, 1.807) is 12.4 Å². The van der Waals surface area contributed by atoms with Gasteiger partial charge in [0, 0.05) is 18.9 Å². The summed E-state index contributed by atoms with van der Waals surface area (Å²) in [5.41, 5.74) is 3.06. The Morgan fingerprint density at radius 1 is 1.11 bits per heavy atom. The summed E-state index contributed by atoms with van der Waals surface area (Å²) in [6.45, 7) is 5.89. The number of nitrogens with zero attached hydrogens (tertiary/aromatic N) is 3. The number of pyridine rings is 1. The smallest absolute Gasteiger partial charge is 0.178 e. The Hall–Kier alpha value is -1.81. The van der Waals surface area contributed by atoms with Crippen LogP contribution in [0, 0.1) is 0 Å². The van der Waals surface area contributed by atoms with Crippen LogP contribution in [0.4, 0.5) is 0 Å². The Bertz CT molecular complexity index is 511. The fraction of sp³-hybridized carbons (Fsp3) is 0.357. The molecule has 0 saturated heterocycles. The zero-order valence-corrected chi connectivity index (χ0v) is 10.8. The molecular formula is C14H18N4. The van der Waals surface area contributed by atoms with Gasteiger partial charge >= 0.3 is 0 Å². The topological polar surface area (TPSA) is 50.7 Å². The van der Waals surface area contributed by atoms with Gasteiger partial charge < -0.3 is 5.32 Å². The van der Waals surface area contributed by atoms with Crippen molar-refractivity contribution < 1.29 is 0 Å². The van der Waals surface area contributed by atoms with Crippen LogP contribution in [0.15, 0.2) is 30.6 Å². The van der Waals surface area contributed by atoms with Crippen molar-refractivity contribution in [2.75, 3.05) is 6.54 Å². The Morgan fingerprint density at radius 3 is 2.78 bits per heavy atom. The van der Waals surface area contributed by atoms with Gasteiger partial charge in [-0.3, -0.25) is 4.98 Å². The molecule has 4 nitrogen and oxygen atoms in total. The molecule has 0 bridgehead atoms. The second kappa shape index (κ2) is 6.21. The highest BCUT2D eigenvalue weighted by Crippen LogP contribution is 2.17. The average molecular weight is 242 g/mol. The van der Waals surface area contributed by atoms with E-state index >= 15 is 0 Å². The average Bonchev–Trinajstić information content (AvgIpc) is 2.45. The number of aryl methyl sites for hydroxylation is 1. The van der Waals surface area contributed by atoms with E-state index in [0.717, 1.165) is 30.9 Å². The van der Waals surface area contributed by atoms with Crippen LogP contribution < -0.4 is 5.32 Å². The second-order valence-corrected chi connectivity index (χ2v) is 4.02. The van der Waals surface area contributed by atoms with Gasteiger partial charge in [0.05, 0.1) is 5.69 Å². The fourth-order valence-electron chi connectivity index (χ4n) is 1.79. The molecule has 0 aliphatic rings. The summed E-state index contributed by atoms with van der Waals surface area (Å²) in [4.78, 5) is 13.3. The molecule has 0 amide bonds. The summed E-state index contributed by atoms with van der Waals surface area (Å²) in [5, 5.41) is 3.26. The first-order valence-corrected chi connectivity index (χ1v) is 6.32. The van der Waals surface area contributed by atoms with Crippen LogP contribution in [-0.4, -0.2) is 21.5 Å². The molecule has 0 saturated carbocycles. The van der Waals surface area contributed by atoms with E-state index in [1.807, 2.05) is 12.1 Å². The number of hydrogen-bond acceptors (Lipinski definition) is 4. The lowest BCUT2D eigenvalue weighted by Gasteiger charge is -2.07. The molecule has 0 fully saturated rings. The molecule has 2 aromatic rings. The molecule has 2 rings (SSSR count). The van der Waals surface area contributed by atoms with Crippen LogP contribution in [0.3, 0.4) is 0 Å². The van der Waals surface area contributed by atoms with Gasteiger partial charge in [0.2, 0.25) is 0 Å². The molecule has 1 N–H and O–H groups in total. The monoisotopic (exact) mass is 242 g/mol. The first-order valence-electron chi connectivity index (χ1n) is 6.32. The highest BCUT2D eigenvalue weighted by molar-refractivity contribution is 5.54. The van der Waals surface area contributed by atoms with Crippen LogP contribution in [0.2, 0.25) is 0 Å². The quantitative estimate of drug-likeness (QED) is 0.873. The van der Waals surface area contributed by atoms with Crippen molar-refractivity contribution in [3.63, 3.8) is 0 Å². The number of aromatic nitrogens is 3.